The van der Waals surface area contributed by atoms with E-state index in [1.165, 1.54) is 0 Å². The van der Waals surface area contributed by atoms with E-state index in [1.807, 2.05) is 54.7 Å². The van der Waals surface area contributed by atoms with Gasteiger partial charge in [-0.1, -0.05) is 148 Å². The van der Waals surface area contributed by atoms with E-state index in [-0.39, 0.29) is 19.4 Å². The number of esters is 2. The molecule has 0 aromatic heterocycles. The SMILES string of the molecule is CC/C=C/C=C/C=C/C=C/C=C/CCCC(=O)OC(COC(=O)CCCC/C=C/C/C=C/C/C=C/C/C=C/C/C=C/C/C=C/CC)COP(=O)(O)OC[C@H](O)CO. The van der Waals surface area contributed by atoms with Crippen LogP contribution in [0.1, 0.15) is 104 Å². The van der Waals surface area contributed by atoms with E-state index >= 15 is 0 Å². The number of aliphatic hydroxyl groups excluding tert-OH is 2. The summed E-state index contributed by atoms with van der Waals surface area (Å²) in [6.45, 7) is 1.93. The van der Waals surface area contributed by atoms with E-state index in [0.29, 0.717) is 19.3 Å². The average molecular weight is 813 g/mol. The maximum Gasteiger partial charge on any atom is 0.472 e. The number of carbonyl (C=O) groups excluding carboxylic acids is 2. The second-order valence-electron chi connectivity index (χ2n) is 12.7. The summed E-state index contributed by atoms with van der Waals surface area (Å²) in [6, 6.07) is 0. The lowest BCUT2D eigenvalue weighted by Gasteiger charge is -2.20. The Kier molecular flexibility index (Phi) is 37.6. The van der Waals surface area contributed by atoms with Gasteiger partial charge in [0.2, 0.25) is 0 Å². The van der Waals surface area contributed by atoms with E-state index in [0.717, 1.165) is 57.8 Å². The first kappa shape index (κ1) is 53.1. The van der Waals surface area contributed by atoms with Crippen molar-refractivity contribution in [1.29, 1.82) is 0 Å². The zero-order valence-corrected chi connectivity index (χ0v) is 35.1. The first-order valence-corrected chi connectivity index (χ1v) is 21.7. The van der Waals surface area contributed by atoms with Gasteiger partial charge in [-0.3, -0.25) is 18.6 Å². The van der Waals surface area contributed by atoms with Crippen LogP contribution >= 0.6 is 7.82 Å². The zero-order valence-electron chi connectivity index (χ0n) is 34.2. The Morgan fingerprint density at radius 3 is 1.54 bits per heavy atom. The first-order valence-electron chi connectivity index (χ1n) is 20.2. The van der Waals surface area contributed by atoms with Crippen molar-refractivity contribution in [2.45, 2.75) is 116 Å². The number of phosphoric ester groups is 1. The fourth-order valence-electron chi connectivity index (χ4n) is 4.38. The minimum atomic E-state index is -4.66. The highest BCUT2D eigenvalue weighted by molar-refractivity contribution is 7.47. The predicted octanol–water partition coefficient (Wildman–Crippen LogP) is 10.5. The van der Waals surface area contributed by atoms with Crippen molar-refractivity contribution in [3.8, 4) is 0 Å². The Balaban J connectivity index is 4.52. The molecule has 10 nitrogen and oxygen atoms in total. The van der Waals surface area contributed by atoms with E-state index in [2.05, 4.69) is 97.4 Å². The Hall–Kier alpha value is -3.89. The van der Waals surface area contributed by atoms with Crippen LogP contribution < -0.4 is 0 Å². The van der Waals surface area contributed by atoms with Crippen molar-refractivity contribution in [3.05, 3.63) is 134 Å². The molecule has 0 aliphatic rings. The van der Waals surface area contributed by atoms with Gasteiger partial charge in [0.25, 0.3) is 0 Å². The number of allylic oxidation sites excluding steroid dienone is 22. The molecule has 0 saturated heterocycles. The van der Waals surface area contributed by atoms with Gasteiger partial charge >= 0.3 is 19.8 Å². The summed E-state index contributed by atoms with van der Waals surface area (Å²) in [5, 5.41) is 18.3. The maximum absolute atomic E-state index is 12.5. The molecule has 2 unspecified atom stereocenters. The molecule has 0 spiro atoms. The summed E-state index contributed by atoms with van der Waals surface area (Å²) in [5.41, 5.74) is 0. The number of aliphatic hydroxyl groups is 2. The number of ether oxygens (including phenoxy) is 2. The van der Waals surface area contributed by atoms with Gasteiger partial charge in [-0.2, -0.15) is 0 Å². The Morgan fingerprint density at radius 2 is 1.00 bits per heavy atom. The standard InChI is InChI=1S/C46H69O10P/c1-3-5-7-9-11-13-15-17-18-19-20-21-22-23-24-26-27-29-31-33-35-37-45(49)53-41-44(42-55-57(51,52)54-40-43(48)39-47)56-46(50)38-36-34-32-30-28-25-16-14-12-10-8-6-4-2/h5-8,10-14,16-18,20-21,23-25,27-30,32,43-44,47-48H,3-4,9,15,19,22,26,31,33-42H2,1-2H3,(H,51,52)/b7-5+,8-6+,12-10+,13-11+,16-14+,18-17+,21-20+,24-23+,28-25+,29-27+,32-30+/t43-,44?/m1/s1. The summed E-state index contributed by atoms with van der Waals surface area (Å²) in [4.78, 5) is 34.9. The van der Waals surface area contributed by atoms with Gasteiger partial charge in [-0.15, -0.1) is 0 Å². The van der Waals surface area contributed by atoms with E-state index < -0.39 is 51.8 Å². The summed E-state index contributed by atoms with van der Waals surface area (Å²) >= 11 is 0. The molecular weight excluding hydrogens is 743 g/mol. The van der Waals surface area contributed by atoms with Crippen molar-refractivity contribution in [1.82, 2.24) is 0 Å². The highest BCUT2D eigenvalue weighted by atomic mass is 31.2. The second kappa shape index (κ2) is 40.3. The smallest absolute Gasteiger partial charge is 0.462 e. The summed E-state index contributed by atoms with van der Waals surface area (Å²) in [6.07, 6.45) is 53.0. The van der Waals surface area contributed by atoms with Crippen LogP contribution in [0.2, 0.25) is 0 Å². The van der Waals surface area contributed by atoms with Crippen LogP contribution in [0.4, 0.5) is 0 Å². The van der Waals surface area contributed by atoms with Crippen molar-refractivity contribution < 1.29 is 47.8 Å². The molecule has 0 bridgehead atoms. The molecule has 0 heterocycles. The molecular formula is C46H69O10P. The molecule has 0 aliphatic carbocycles. The minimum Gasteiger partial charge on any atom is -0.462 e. The lowest BCUT2D eigenvalue weighted by Crippen LogP contribution is -2.29. The van der Waals surface area contributed by atoms with Crippen molar-refractivity contribution in [2.75, 3.05) is 26.4 Å². The molecule has 0 saturated carbocycles. The Bertz CT molecular complexity index is 1400. The highest BCUT2D eigenvalue weighted by Crippen LogP contribution is 2.43. The zero-order chi connectivity index (χ0) is 41.9. The van der Waals surface area contributed by atoms with E-state index in [4.69, 9.17) is 19.1 Å². The third-order valence-corrected chi connectivity index (χ3v) is 8.38. The van der Waals surface area contributed by atoms with Gasteiger partial charge < -0.3 is 24.6 Å². The van der Waals surface area contributed by atoms with E-state index in [9.17, 15) is 24.2 Å². The van der Waals surface area contributed by atoms with E-state index in [1.54, 1.807) is 0 Å². The van der Waals surface area contributed by atoms with Crippen LogP contribution in [0.3, 0.4) is 0 Å². The fraction of sp³-hybridized carbons (Fsp3) is 0.478. The topological polar surface area (TPSA) is 149 Å². The normalized spacial score (nSPS) is 15.2. The van der Waals surface area contributed by atoms with Crippen LogP contribution in [0, 0.1) is 0 Å². The Morgan fingerprint density at radius 1 is 0.544 bits per heavy atom. The summed E-state index contributed by atoms with van der Waals surface area (Å²) in [5.74, 6) is -1.08. The third kappa shape index (κ3) is 40.1. The predicted molar refractivity (Wildman–Crippen MR) is 232 cm³/mol. The number of unbranched alkanes of at least 4 members (excludes halogenated alkanes) is 3. The second-order valence-corrected chi connectivity index (χ2v) is 14.1. The highest BCUT2D eigenvalue weighted by Gasteiger charge is 2.27. The van der Waals surface area contributed by atoms with Gasteiger partial charge in [0.1, 0.15) is 12.7 Å². The van der Waals surface area contributed by atoms with Gasteiger partial charge in [0.05, 0.1) is 19.8 Å². The molecule has 57 heavy (non-hydrogen) atoms. The van der Waals surface area contributed by atoms with Crippen LogP contribution in [0.5, 0.6) is 0 Å². The number of carbonyl (C=O) groups is 2. The lowest BCUT2D eigenvalue weighted by atomic mass is 10.2. The van der Waals surface area contributed by atoms with Gasteiger partial charge in [-0.25, -0.2) is 4.57 Å². The fourth-order valence-corrected chi connectivity index (χ4v) is 5.17. The largest absolute Gasteiger partial charge is 0.472 e. The maximum atomic E-state index is 12.5. The van der Waals surface area contributed by atoms with Crippen LogP contribution in [0.25, 0.3) is 0 Å². The molecule has 0 fully saturated rings. The summed E-state index contributed by atoms with van der Waals surface area (Å²) < 4.78 is 32.5. The molecule has 0 radical (unpaired) electrons. The number of rotatable bonds is 35. The lowest BCUT2D eigenvalue weighted by molar-refractivity contribution is -0.161. The molecule has 0 amide bonds. The van der Waals surface area contributed by atoms with Crippen LogP contribution in [0.15, 0.2) is 134 Å². The molecule has 0 aromatic carbocycles. The quantitative estimate of drug-likeness (QED) is 0.0186. The monoisotopic (exact) mass is 812 g/mol. The van der Waals surface area contributed by atoms with Crippen molar-refractivity contribution >= 4 is 19.8 Å². The third-order valence-electron chi connectivity index (χ3n) is 7.43. The number of phosphoric acid groups is 1. The van der Waals surface area contributed by atoms with Crippen molar-refractivity contribution in [3.63, 3.8) is 0 Å². The van der Waals surface area contributed by atoms with Crippen LogP contribution in [-0.4, -0.2) is 65.7 Å². The molecule has 0 aromatic rings. The van der Waals surface area contributed by atoms with Crippen LogP contribution in [-0.2, 0) is 32.7 Å². The minimum absolute atomic E-state index is 0.0685. The average Bonchev–Trinajstić information content (AvgIpc) is 3.20. The molecule has 0 aliphatic heterocycles. The summed E-state index contributed by atoms with van der Waals surface area (Å²) in [7, 11) is -4.66. The number of hydrogen-bond acceptors (Lipinski definition) is 9. The molecule has 0 rings (SSSR count). The van der Waals surface area contributed by atoms with Crippen molar-refractivity contribution in [2.24, 2.45) is 0 Å². The van der Waals surface area contributed by atoms with Gasteiger partial charge in [0, 0.05) is 12.8 Å². The van der Waals surface area contributed by atoms with Gasteiger partial charge in [0.15, 0.2) is 6.10 Å². The Labute approximate surface area is 342 Å². The number of hydrogen-bond donors (Lipinski definition) is 3. The molecule has 11 heteroatoms. The molecule has 3 N–H and O–H groups in total. The molecule has 318 valence electrons. The van der Waals surface area contributed by atoms with Gasteiger partial charge in [-0.05, 0) is 77.0 Å². The first-order chi connectivity index (χ1) is 27.7. The molecule has 3 atom stereocenters.